The highest BCUT2D eigenvalue weighted by Crippen LogP contribution is 2.32. The van der Waals surface area contributed by atoms with Gasteiger partial charge in [-0.1, -0.05) is 29.3 Å². The smallest absolute Gasteiger partial charge is 0.374 e. The Hall–Kier alpha value is -1.50. The van der Waals surface area contributed by atoms with Gasteiger partial charge in [0.15, 0.2) is 11.3 Å². The van der Waals surface area contributed by atoms with Gasteiger partial charge in [0.05, 0.1) is 15.7 Å². The molecule has 1 amide bonds. The van der Waals surface area contributed by atoms with Crippen molar-refractivity contribution < 1.29 is 18.7 Å². The molecule has 8 heteroatoms. The summed E-state index contributed by atoms with van der Waals surface area (Å²) in [5.41, 5.74) is 1.05. The predicted octanol–water partition coefficient (Wildman–Crippen LogP) is 4.45. The maximum absolute atomic E-state index is 11.8. The molecule has 5 nitrogen and oxygen atoms in total. The molecule has 0 saturated carbocycles. The van der Waals surface area contributed by atoms with Gasteiger partial charge < -0.3 is 14.5 Å². The van der Waals surface area contributed by atoms with Crippen LogP contribution in [0.15, 0.2) is 33.4 Å². The average molecular weight is 407 g/mol. The molecule has 1 aromatic heterocycles. The Morgan fingerprint density at radius 1 is 1.27 bits per heavy atom. The van der Waals surface area contributed by atoms with Crippen LogP contribution in [-0.2, 0) is 9.53 Å². The summed E-state index contributed by atoms with van der Waals surface area (Å²) < 4.78 is 10.2. The first-order valence-corrected chi connectivity index (χ1v) is 7.60. The summed E-state index contributed by atoms with van der Waals surface area (Å²) in [6.07, 6.45) is 0. The van der Waals surface area contributed by atoms with Gasteiger partial charge in [-0.3, -0.25) is 4.79 Å². The van der Waals surface area contributed by atoms with E-state index in [4.69, 9.17) is 32.4 Å². The standard InChI is InChI=1S/C14H10BrCl2NO4/c1-7-2-3-8(16)13(12(7)17)18-11(19)6-21-14(20)9-4-5-10(15)22-9/h2-5H,6H2,1H3,(H,18,19). The summed E-state index contributed by atoms with van der Waals surface area (Å²) in [4.78, 5) is 23.5. The molecule has 2 aromatic rings. The third-order valence-electron chi connectivity index (χ3n) is 2.66. The third-order valence-corrected chi connectivity index (χ3v) is 3.89. The second-order valence-electron chi connectivity index (χ2n) is 4.28. The van der Waals surface area contributed by atoms with Crippen LogP contribution in [-0.4, -0.2) is 18.5 Å². The largest absolute Gasteiger partial charge is 0.450 e. The number of hydrogen-bond donors (Lipinski definition) is 1. The van der Waals surface area contributed by atoms with E-state index in [9.17, 15) is 9.59 Å². The van der Waals surface area contributed by atoms with Gasteiger partial charge in [-0.05, 0) is 46.6 Å². The van der Waals surface area contributed by atoms with Crippen LogP contribution in [0.4, 0.5) is 5.69 Å². The number of amides is 1. The van der Waals surface area contributed by atoms with E-state index < -0.39 is 18.5 Å². The summed E-state index contributed by atoms with van der Waals surface area (Å²) in [5, 5.41) is 3.14. The fourth-order valence-electron chi connectivity index (χ4n) is 1.57. The highest BCUT2D eigenvalue weighted by molar-refractivity contribution is 9.10. The zero-order valence-corrected chi connectivity index (χ0v) is 14.4. The van der Waals surface area contributed by atoms with Gasteiger partial charge >= 0.3 is 5.97 Å². The number of esters is 1. The third kappa shape index (κ3) is 4.03. The number of rotatable bonds is 4. The van der Waals surface area contributed by atoms with Crippen LogP contribution in [0.2, 0.25) is 10.0 Å². The zero-order valence-electron chi connectivity index (χ0n) is 11.3. The van der Waals surface area contributed by atoms with Crippen LogP contribution < -0.4 is 5.32 Å². The molecule has 0 unspecified atom stereocenters. The number of carbonyl (C=O) groups is 2. The lowest BCUT2D eigenvalue weighted by atomic mass is 10.2. The quantitative estimate of drug-likeness (QED) is 0.761. The highest BCUT2D eigenvalue weighted by atomic mass is 79.9. The van der Waals surface area contributed by atoms with E-state index in [0.29, 0.717) is 14.7 Å². The molecule has 0 bridgehead atoms. The Balaban J connectivity index is 1.97. The molecule has 0 aliphatic heterocycles. The maximum atomic E-state index is 11.8. The van der Waals surface area contributed by atoms with Crippen molar-refractivity contribution in [3.63, 3.8) is 0 Å². The minimum atomic E-state index is -0.748. The van der Waals surface area contributed by atoms with E-state index in [-0.39, 0.29) is 11.4 Å². The normalized spacial score (nSPS) is 10.4. The van der Waals surface area contributed by atoms with Crippen molar-refractivity contribution in [3.05, 3.63) is 50.3 Å². The number of hydrogen-bond acceptors (Lipinski definition) is 4. The maximum Gasteiger partial charge on any atom is 0.374 e. The van der Waals surface area contributed by atoms with Gasteiger partial charge in [-0.2, -0.15) is 0 Å². The zero-order chi connectivity index (χ0) is 16.3. The molecule has 0 aliphatic carbocycles. The topological polar surface area (TPSA) is 68.5 Å². The average Bonchev–Trinajstić information content (AvgIpc) is 2.92. The first-order chi connectivity index (χ1) is 10.4. The van der Waals surface area contributed by atoms with Gasteiger partial charge in [0.25, 0.3) is 5.91 Å². The van der Waals surface area contributed by atoms with Gasteiger partial charge in [-0.25, -0.2) is 4.79 Å². The lowest BCUT2D eigenvalue weighted by Crippen LogP contribution is -2.21. The van der Waals surface area contributed by atoms with Crippen molar-refractivity contribution in [3.8, 4) is 0 Å². The van der Waals surface area contributed by atoms with Crippen molar-refractivity contribution in [1.29, 1.82) is 0 Å². The highest BCUT2D eigenvalue weighted by Gasteiger charge is 2.16. The molecule has 1 aromatic carbocycles. The van der Waals surface area contributed by atoms with Crippen molar-refractivity contribution >= 4 is 56.7 Å². The van der Waals surface area contributed by atoms with Crippen LogP contribution in [0, 0.1) is 6.92 Å². The van der Waals surface area contributed by atoms with Crippen molar-refractivity contribution in [2.24, 2.45) is 0 Å². The van der Waals surface area contributed by atoms with Gasteiger partial charge in [0.2, 0.25) is 5.76 Å². The Morgan fingerprint density at radius 3 is 2.64 bits per heavy atom. The van der Waals surface area contributed by atoms with Crippen molar-refractivity contribution in [2.75, 3.05) is 11.9 Å². The summed E-state index contributed by atoms with van der Waals surface area (Å²) >= 11 is 15.1. The number of carbonyl (C=O) groups excluding carboxylic acids is 2. The van der Waals surface area contributed by atoms with E-state index in [2.05, 4.69) is 21.2 Å². The summed E-state index contributed by atoms with van der Waals surface area (Å²) in [6, 6.07) is 6.32. The Morgan fingerprint density at radius 2 is 2.00 bits per heavy atom. The molecule has 22 heavy (non-hydrogen) atoms. The lowest BCUT2D eigenvalue weighted by molar-refractivity contribution is -0.119. The molecule has 1 heterocycles. The van der Waals surface area contributed by atoms with Gasteiger partial charge in [0.1, 0.15) is 0 Å². The minimum absolute atomic E-state index is 0.00806. The van der Waals surface area contributed by atoms with Crippen LogP contribution in [0.25, 0.3) is 0 Å². The van der Waals surface area contributed by atoms with E-state index in [0.717, 1.165) is 5.56 Å². The van der Waals surface area contributed by atoms with Crippen LogP contribution in [0.5, 0.6) is 0 Å². The number of ether oxygens (including phenoxy) is 1. The van der Waals surface area contributed by atoms with Crippen LogP contribution >= 0.6 is 39.1 Å². The van der Waals surface area contributed by atoms with E-state index in [1.165, 1.54) is 6.07 Å². The molecule has 0 fully saturated rings. The molecule has 0 aliphatic rings. The van der Waals surface area contributed by atoms with E-state index >= 15 is 0 Å². The van der Waals surface area contributed by atoms with E-state index in [1.807, 2.05) is 0 Å². The molecule has 2 rings (SSSR count). The molecule has 1 N–H and O–H groups in total. The van der Waals surface area contributed by atoms with Crippen molar-refractivity contribution in [2.45, 2.75) is 6.92 Å². The molecular formula is C14H10BrCl2NO4. The number of halogens is 3. The number of aryl methyl sites for hydroxylation is 1. The molecule has 116 valence electrons. The van der Waals surface area contributed by atoms with Crippen LogP contribution in [0.3, 0.4) is 0 Å². The first kappa shape index (κ1) is 16.9. The lowest BCUT2D eigenvalue weighted by Gasteiger charge is -2.11. The van der Waals surface area contributed by atoms with Crippen LogP contribution in [0.1, 0.15) is 16.1 Å². The van der Waals surface area contributed by atoms with Gasteiger partial charge in [-0.15, -0.1) is 0 Å². The summed E-state index contributed by atoms with van der Waals surface area (Å²) in [6.45, 7) is 1.29. The number of nitrogens with one attached hydrogen (secondary N) is 1. The summed E-state index contributed by atoms with van der Waals surface area (Å²) in [5.74, 6) is -1.32. The molecular weight excluding hydrogens is 397 g/mol. The SMILES string of the molecule is Cc1ccc(Cl)c(NC(=O)COC(=O)c2ccc(Br)o2)c1Cl. The Bertz CT molecular complexity index is 730. The molecule has 0 spiro atoms. The Kier molecular flexibility index (Phi) is 5.50. The number of benzene rings is 1. The number of anilines is 1. The fraction of sp³-hybridized carbons (Fsp3) is 0.143. The Labute approximate surface area is 144 Å². The summed E-state index contributed by atoms with van der Waals surface area (Å²) in [7, 11) is 0. The predicted molar refractivity (Wildman–Crippen MR) is 86.5 cm³/mol. The molecule has 0 saturated heterocycles. The second-order valence-corrected chi connectivity index (χ2v) is 5.85. The fourth-order valence-corrected chi connectivity index (χ4v) is 2.34. The van der Waals surface area contributed by atoms with E-state index in [1.54, 1.807) is 25.1 Å². The molecule has 0 atom stereocenters. The monoisotopic (exact) mass is 405 g/mol. The van der Waals surface area contributed by atoms with Gasteiger partial charge in [0, 0.05) is 0 Å². The van der Waals surface area contributed by atoms with Crippen molar-refractivity contribution in [1.82, 2.24) is 0 Å². The molecule has 0 radical (unpaired) electrons. The minimum Gasteiger partial charge on any atom is -0.450 e. The first-order valence-electron chi connectivity index (χ1n) is 6.05. The number of furan rings is 1. The second kappa shape index (κ2) is 7.17.